The number of carbonyl (C=O) groups excluding carboxylic acids is 1. The summed E-state index contributed by atoms with van der Waals surface area (Å²) in [5.74, 6) is 1.95. The van der Waals surface area contributed by atoms with Crippen LogP contribution in [0.25, 0.3) is 0 Å². The molecule has 2 amide bonds. The molecule has 9 nitrogen and oxygen atoms in total. The first-order valence-electron chi connectivity index (χ1n) is 8.03. The van der Waals surface area contributed by atoms with Gasteiger partial charge < -0.3 is 13.9 Å². The molecule has 1 saturated heterocycles. The quantitative estimate of drug-likeness (QED) is 0.875. The first-order chi connectivity index (χ1) is 11.9. The zero-order valence-electron chi connectivity index (χ0n) is 14.4. The summed E-state index contributed by atoms with van der Waals surface area (Å²) in [7, 11) is 1.66. The first-order valence-corrected chi connectivity index (χ1v) is 8.03. The Morgan fingerprint density at radius 1 is 1.44 bits per heavy atom. The van der Waals surface area contributed by atoms with Crippen LogP contribution in [0.1, 0.15) is 23.9 Å². The molecule has 2 atom stereocenters. The largest absolute Gasteiger partial charge is 0.360 e. The Hall–Kier alpha value is -2.49. The number of halogens is 1. The predicted molar refractivity (Wildman–Crippen MR) is 85.6 cm³/mol. The van der Waals surface area contributed by atoms with E-state index in [0.29, 0.717) is 42.8 Å². The van der Waals surface area contributed by atoms with Gasteiger partial charge in [-0.3, -0.25) is 10.2 Å². The molecule has 0 radical (unpaired) electrons. The van der Waals surface area contributed by atoms with Crippen molar-refractivity contribution >= 4 is 11.8 Å². The fourth-order valence-corrected chi connectivity index (χ4v) is 2.92. The molecule has 3 heterocycles. The maximum absolute atomic E-state index is 13.9. The summed E-state index contributed by atoms with van der Waals surface area (Å²) >= 11 is 0. The first kappa shape index (κ1) is 17.3. The van der Waals surface area contributed by atoms with Crippen LogP contribution in [0.2, 0.25) is 0 Å². The minimum Gasteiger partial charge on any atom is -0.360 e. The Balaban J connectivity index is 1.58. The van der Waals surface area contributed by atoms with E-state index in [-0.39, 0.29) is 18.6 Å². The van der Waals surface area contributed by atoms with Gasteiger partial charge in [0.1, 0.15) is 11.9 Å². The molecule has 3 rings (SSSR count). The van der Waals surface area contributed by atoms with Gasteiger partial charge in [-0.25, -0.2) is 9.18 Å². The molecule has 136 valence electrons. The molecule has 0 bridgehead atoms. The minimum absolute atomic E-state index is 0.122. The second-order valence-electron chi connectivity index (χ2n) is 6.28. The number of amides is 2. The average Bonchev–Trinajstić information content (AvgIpc) is 3.22. The number of anilines is 1. The van der Waals surface area contributed by atoms with Crippen molar-refractivity contribution in [1.82, 2.24) is 25.1 Å². The fraction of sp³-hybridized carbons (Fsp3) is 0.600. The molecular formula is C15H21FN6O3. The number of aryl methyl sites for hydroxylation is 2. The molecule has 0 aromatic carbocycles. The van der Waals surface area contributed by atoms with Gasteiger partial charge in [0.25, 0.3) is 0 Å². The van der Waals surface area contributed by atoms with Gasteiger partial charge in [0.05, 0.1) is 6.54 Å². The number of carbonyl (C=O) groups is 1. The maximum Gasteiger partial charge on any atom is 0.322 e. The normalized spacial score (nSPS) is 20.8. The zero-order chi connectivity index (χ0) is 18.0. The van der Waals surface area contributed by atoms with E-state index >= 15 is 0 Å². The lowest BCUT2D eigenvalue weighted by Crippen LogP contribution is -2.42. The summed E-state index contributed by atoms with van der Waals surface area (Å²) in [6.45, 7) is 4.50. The third kappa shape index (κ3) is 4.32. The topological polar surface area (TPSA) is 101 Å². The third-order valence-electron chi connectivity index (χ3n) is 4.09. The molecule has 10 heteroatoms. The number of rotatable bonds is 5. The number of urea groups is 1. The van der Waals surface area contributed by atoms with Crippen LogP contribution >= 0.6 is 0 Å². The number of alkyl halides is 1. The van der Waals surface area contributed by atoms with Gasteiger partial charge in [-0.1, -0.05) is 10.3 Å². The van der Waals surface area contributed by atoms with E-state index in [1.54, 1.807) is 27.0 Å². The highest BCUT2D eigenvalue weighted by Gasteiger charge is 2.34. The number of nitrogens with one attached hydrogen (secondary N) is 1. The van der Waals surface area contributed by atoms with Crippen molar-refractivity contribution in [1.29, 1.82) is 0 Å². The highest BCUT2D eigenvalue weighted by atomic mass is 19.1. The van der Waals surface area contributed by atoms with Gasteiger partial charge in [0.15, 0.2) is 11.6 Å². The molecule has 1 fully saturated rings. The van der Waals surface area contributed by atoms with Gasteiger partial charge in [0.2, 0.25) is 5.89 Å². The van der Waals surface area contributed by atoms with Crippen molar-refractivity contribution in [2.75, 3.05) is 25.5 Å². The van der Waals surface area contributed by atoms with E-state index in [0.717, 1.165) is 0 Å². The van der Waals surface area contributed by atoms with E-state index in [1.807, 2.05) is 4.90 Å². The van der Waals surface area contributed by atoms with Gasteiger partial charge >= 0.3 is 6.03 Å². The summed E-state index contributed by atoms with van der Waals surface area (Å²) < 4.78 is 23.8. The smallest absolute Gasteiger partial charge is 0.322 e. The molecule has 1 aliphatic heterocycles. The van der Waals surface area contributed by atoms with Crippen molar-refractivity contribution < 1.29 is 18.2 Å². The van der Waals surface area contributed by atoms with Crippen LogP contribution in [0.3, 0.4) is 0 Å². The molecule has 1 aliphatic rings. The monoisotopic (exact) mass is 352 g/mol. The van der Waals surface area contributed by atoms with E-state index < -0.39 is 6.17 Å². The van der Waals surface area contributed by atoms with E-state index in [4.69, 9.17) is 9.05 Å². The molecule has 0 spiro atoms. The van der Waals surface area contributed by atoms with E-state index in [1.165, 1.54) is 4.90 Å². The van der Waals surface area contributed by atoms with Crippen LogP contribution in [0.15, 0.2) is 15.1 Å². The lowest BCUT2D eigenvalue weighted by Gasteiger charge is -2.27. The number of likely N-dealkylation sites (tertiary alicyclic amines) is 1. The van der Waals surface area contributed by atoms with Gasteiger partial charge in [-0.2, -0.15) is 4.98 Å². The van der Waals surface area contributed by atoms with Crippen LogP contribution in [0, 0.1) is 13.8 Å². The number of nitrogens with zero attached hydrogens (tertiary/aromatic N) is 5. The van der Waals surface area contributed by atoms with Crippen molar-refractivity contribution in [2.45, 2.75) is 39.0 Å². The Labute approximate surface area is 144 Å². The average molecular weight is 352 g/mol. The van der Waals surface area contributed by atoms with Crippen molar-refractivity contribution in [3.8, 4) is 0 Å². The number of likely N-dealkylation sites (N-methyl/N-ethyl adjacent to an activating group) is 1. The molecule has 2 aromatic rings. The Bertz CT molecular complexity index is 732. The fourth-order valence-electron chi connectivity index (χ4n) is 2.92. The highest BCUT2D eigenvalue weighted by molar-refractivity contribution is 5.88. The standard InChI is InChI=1S/C15H21FN6O3/c1-9-4-13(19-24-9)18-15(23)21(3)7-12-5-11(16)6-22(12)8-14-17-10(2)25-20-14/h4,11-12H,5-8H2,1-3H3,(H,18,19,23)/t11-,12-/m0/s1. The lowest BCUT2D eigenvalue weighted by atomic mass is 10.2. The Morgan fingerprint density at radius 3 is 2.88 bits per heavy atom. The van der Waals surface area contributed by atoms with Crippen LogP contribution in [-0.4, -0.2) is 63.5 Å². The van der Waals surface area contributed by atoms with Crippen molar-refractivity contribution in [3.05, 3.63) is 23.5 Å². The molecule has 0 saturated carbocycles. The van der Waals surface area contributed by atoms with Crippen LogP contribution in [0.5, 0.6) is 0 Å². The maximum atomic E-state index is 13.9. The van der Waals surface area contributed by atoms with E-state index in [9.17, 15) is 9.18 Å². The molecule has 0 unspecified atom stereocenters. The van der Waals surface area contributed by atoms with Crippen LogP contribution in [0.4, 0.5) is 15.0 Å². The number of hydrogen-bond acceptors (Lipinski definition) is 7. The second-order valence-corrected chi connectivity index (χ2v) is 6.28. The third-order valence-corrected chi connectivity index (χ3v) is 4.09. The lowest BCUT2D eigenvalue weighted by molar-refractivity contribution is 0.179. The van der Waals surface area contributed by atoms with Crippen molar-refractivity contribution in [2.24, 2.45) is 0 Å². The minimum atomic E-state index is -0.937. The van der Waals surface area contributed by atoms with Gasteiger partial charge in [0, 0.05) is 39.2 Å². The number of aromatic nitrogens is 3. The summed E-state index contributed by atoms with van der Waals surface area (Å²) in [6.07, 6.45) is -0.579. The highest BCUT2D eigenvalue weighted by Crippen LogP contribution is 2.23. The Morgan fingerprint density at radius 2 is 2.24 bits per heavy atom. The number of hydrogen-bond donors (Lipinski definition) is 1. The predicted octanol–water partition coefficient (Wildman–Crippen LogP) is 1.75. The molecule has 1 N–H and O–H groups in total. The van der Waals surface area contributed by atoms with Gasteiger partial charge in [-0.05, 0) is 13.3 Å². The van der Waals surface area contributed by atoms with Crippen molar-refractivity contribution in [3.63, 3.8) is 0 Å². The molecular weight excluding hydrogens is 331 g/mol. The van der Waals surface area contributed by atoms with Crippen LogP contribution in [-0.2, 0) is 6.54 Å². The summed E-state index contributed by atoms with van der Waals surface area (Å²) in [5.41, 5.74) is 0. The van der Waals surface area contributed by atoms with Crippen LogP contribution < -0.4 is 5.32 Å². The van der Waals surface area contributed by atoms with Gasteiger partial charge in [-0.15, -0.1) is 0 Å². The summed E-state index contributed by atoms with van der Waals surface area (Å²) in [5, 5.41) is 10.2. The second kappa shape index (κ2) is 7.18. The molecule has 0 aliphatic carbocycles. The van der Waals surface area contributed by atoms with E-state index in [2.05, 4.69) is 20.6 Å². The molecule has 25 heavy (non-hydrogen) atoms. The summed E-state index contributed by atoms with van der Waals surface area (Å²) in [6, 6.07) is 1.18. The summed E-state index contributed by atoms with van der Waals surface area (Å²) in [4.78, 5) is 19.8. The zero-order valence-corrected chi connectivity index (χ0v) is 14.4. The Kier molecular flexibility index (Phi) is 4.98. The SMILES string of the molecule is Cc1cc(NC(=O)N(C)C[C@@H]2C[C@H](F)CN2Cc2noc(C)n2)no1. The molecule has 2 aromatic heterocycles.